The molecule has 2 aliphatic rings. The molecule has 1 radical (unpaired) electrons. The van der Waals surface area contributed by atoms with Crippen LogP contribution in [-0.4, -0.2) is 9.52 Å². The van der Waals surface area contributed by atoms with E-state index in [1.807, 2.05) is 0 Å². The Balaban J connectivity index is 0.000000302. The monoisotopic (exact) mass is 599 g/mol. The summed E-state index contributed by atoms with van der Waals surface area (Å²) in [6.45, 7) is 9.06. The van der Waals surface area contributed by atoms with Gasteiger partial charge in [0.1, 0.15) is 0 Å². The predicted molar refractivity (Wildman–Crippen MR) is 145 cm³/mol. The van der Waals surface area contributed by atoms with Crippen molar-refractivity contribution >= 4 is 31.1 Å². The van der Waals surface area contributed by atoms with Gasteiger partial charge < -0.3 is 24.8 Å². The molecule has 1 unspecified atom stereocenters. The fourth-order valence-corrected chi connectivity index (χ4v) is 5.52. The van der Waals surface area contributed by atoms with Gasteiger partial charge in [-0.15, -0.1) is 64.0 Å². The summed E-state index contributed by atoms with van der Waals surface area (Å²) in [4.78, 5) is 0. The zero-order chi connectivity index (χ0) is 22.5. The first-order chi connectivity index (χ1) is 15.6. The van der Waals surface area contributed by atoms with Gasteiger partial charge in [0.15, 0.2) is 0 Å². The van der Waals surface area contributed by atoms with Gasteiger partial charge in [0, 0.05) is 9.52 Å². The van der Waals surface area contributed by atoms with Crippen LogP contribution in [0.1, 0.15) is 73.3 Å². The third kappa shape index (κ3) is 7.67. The van der Waals surface area contributed by atoms with E-state index in [-0.39, 0.29) is 51.0 Å². The van der Waals surface area contributed by atoms with Crippen molar-refractivity contribution in [1.29, 1.82) is 0 Å². The molecule has 0 aromatic heterocycles. The van der Waals surface area contributed by atoms with E-state index in [1.54, 1.807) is 27.8 Å². The summed E-state index contributed by atoms with van der Waals surface area (Å²) in [5.74, 6) is 0.706. The second kappa shape index (κ2) is 15.6. The first-order valence-electron chi connectivity index (χ1n) is 12.8. The SMILES string of the molecule is CCCC(C)c1c[cH-]c2cc3c(cc12)CCC3.C[SiH]C.[Cl-].[Cl-].[Zr+4].c1cc2cc3c(cc2[cH-]1)CCC3. The van der Waals surface area contributed by atoms with Gasteiger partial charge in [-0.25, -0.2) is 0 Å². The molecule has 0 bridgehead atoms. The Bertz CT molecular complexity index is 1140. The summed E-state index contributed by atoms with van der Waals surface area (Å²) in [5.41, 5.74) is 7.92. The minimum Gasteiger partial charge on any atom is -1.00 e. The number of hydrogen-bond donors (Lipinski definition) is 0. The molecule has 0 amide bonds. The molecule has 185 valence electrons. The Labute approximate surface area is 247 Å². The van der Waals surface area contributed by atoms with Crippen LogP contribution in [0.25, 0.3) is 21.5 Å². The third-order valence-electron chi connectivity index (χ3n) is 7.12. The van der Waals surface area contributed by atoms with E-state index in [1.165, 1.54) is 72.9 Å². The molecular formula is C31H39Cl2SiZr. The molecule has 0 nitrogen and oxygen atoms in total. The van der Waals surface area contributed by atoms with Crippen LogP contribution < -0.4 is 24.8 Å². The number of fused-ring (bicyclic) bond motifs is 4. The van der Waals surface area contributed by atoms with Crippen LogP contribution in [0, 0.1) is 0 Å². The number of benzene rings is 2. The maximum absolute atomic E-state index is 2.47. The van der Waals surface area contributed by atoms with E-state index >= 15 is 0 Å². The van der Waals surface area contributed by atoms with Crippen LogP contribution in [0.5, 0.6) is 0 Å². The third-order valence-corrected chi connectivity index (χ3v) is 7.12. The summed E-state index contributed by atoms with van der Waals surface area (Å²) in [7, 11) is 0.750. The zero-order valence-corrected chi connectivity index (χ0v) is 26.9. The molecule has 4 heteroatoms. The number of hydrogen-bond acceptors (Lipinski definition) is 0. The van der Waals surface area contributed by atoms with Gasteiger partial charge in [-0.3, -0.25) is 0 Å². The molecule has 0 heterocycles. The van der Waals surface area contributed by atoms with Crippen molar-refractivity contribution in [1.82, 2.24) is 0 Å². The second-order valence-electron chi connectivity index (χ2n) is 9.75. The minimum absolute atomic E-state index is 0. The molecule has 0 fully saturated rings. The smallest absolute Gasteiger partial charge is 1.00 e. The van der Waals surface area contributed by atoms with E-state index in [2.05, 4.69) is 81.5 Å². The van der Waals surface area contributed by atoms with Crippen molar-refractivity contribution in [3.8, 4) is 0 Å². The maximum atomic E-state index is 2.47. The Morgan fingerprint density at radius 2 is 1.37 bits per heavy atom. The molecule has 0 aliphatic heterocycles. The summed E-state index contributed by atoms with van der Waals surface area (Å²) in [6.07, 6.45) is 10.4. The minimum atomic E-state index is 0. The molecule has 0 saturated heterocycles. The summed E-state index contributed by atoms with van der Waals surface area (Å²) in [6, 6.07) is 20.8. The maximum Gasteiger partial charge on any atom is 4.00 e. The van der Waals surface area contributed by atoms with Crippen LogP contribution >= 0.6 is 0 Å². The van der Waals surface area contributed by atoms with E-state index in [0.717, 1.165) is 9.52 Å². The molecule has 0 saturated carbocycles. The summed E-state index contributed by atoms with van der Waals surface area (Å²) >= 11 is 0. The van der Waals surface area contributed by atoms with E-state index in [4.69, 9.17) is 0 Å². The molecule has 35 heavy (non-hydrogen) atoms. The van der Waals surface area contributed by atoms with Gasteiger partial charge in [0.2, 0.25) is 0 Å². The second-order valence-corrected chi connectivity index (χ2v) is 10.9. The molecule has 4 aromatic rings. The van der Waals surface area contributed by atoms with Crippen molar-refractivity contribution in [3.63, 3.8) is 0 Å². The van der Waals surface area contributed by atoms with Crippen molar-refractivity contribution in [2.75, 3.05) is 0 Å². The largest absolute Gasteiger partial charge is 4.00 e. The van der Waals surface area contributed by atoms with Crippen molar-refractivity contribution < 1.29 is 51.0 Å². The van der Waals surface area contributed by atoms with Crippen LogP contribution in [0.3, 0.4) is 0 Å². The van der Waals surface area contributed by atoms with Crippen LogP contribution in [0.2, 0.25) is 13.1 Å². The molecule has 1 atom stereocenters. The molecular weight excluding hydrogens is 563 g/mol. The van der Waals surface area contributed by atoms with E-state index < -0.39 is 0 Å². The summed E-state index contributed by atoms with van der Waals surface area (Å²) < 4.78 is 0. The predicted octanol–water partition coefficient (Wildman–Crippen LogP) is 2.52. The Morgan fingerprint density at radius 1 is 0.829 bits per heavy atom. The first kappa shape index (κ1) is 32.4. The van der Waals surface area contributed by atoms with Gasteiger partial charge in [0.05, 0.1) is 0 Å². The Hall–Kier alpha value is -0.660. The Morgan fingerprint density at radius 3 is 1.97 bits per heavy atom. The number of halogens is 2. The molecule has 6 rings (SSSR count). The molecule has 0 N–H and O–H groups in total. The standard InChI is InChI=1S/C17H21.C12H11.C2H7Si.2ClH.Zr/c1-3-5-12(2)16-9-8-15-10-13-6-4-7-14(13)11-17(15)16;1-3-9-7-11-5-2-6-12(11)8-10(9)4-1;1-3-2;;;/h8-12H,3-7H2,1-2H3;1,3-4,7-8H,2,5-6H2;3H,1-2H3;2*1H;/q2*-1;;;;+4/p-2. The topological polar surface area (TPSA) is 0 Å². The van der Waals surface area contributed by atoms with E-state index in [9.17, 15) is 0 Å². The first-order valence-corrected chi connectivity index (χ1v) is 15.1. The average Bonchev–Trinajstić information content (AvgIpc) is 3.57. The van der Waals surface area contributed by atoms with Crippen molar-refractivity contribution in [3.05, 3.63) is 82.4 Å². The number of aryl methyl sites for hydroxylation is 4. The van der Waals surface area contributed by atoms with Gasteiger partial charge in [-0.1, -0.05) is 68.0 Å². The van der Waals surface area contributed by atoms with Gasteiger partial charge in [-0.2, -0.15) is 17.7 Å². The molecule has 2 aliphatic carbocycles. The Kier molecular flexibility index (Phi) is 14.4. The zero-order valence-electron chi connectivity index (χ0n) is 21.8. The van der Waals surface area contributed by atoms with Crippen LogP contribution in [-0.2, 0) is 51.9 Å². The number of rotatable bonds is 3. The van der Waals surface area contributed by atoms with Crippen molar-refractivity contribution in [2.24, 2.45) is 0 Å². The van der Waals surface area contributed by atoms with E-state index in [0.29, 0.717) is 5.92 Å². The van der Waals surface area contributed by atoms with Gasteiger partial charge >= 0.3 is 26.2 Å². The van der Waals surface area contributed by atoms with Crippen LogP contribution in [0.15, 0.2) is 54.6 Å². The molecule has 4 aromatic carbocycles. The van der Waals surface area contributed by atoms with Gasteiger partial charge in [0.25, 0.3) is 0 Å². The van der Waals surface area contributed by atoms with Crippen molar-refractivity contribution in [2.45, 2.75) is 84.2 Å². The summed E-state index contributed by atoms with van der Waals surface area (Å²) in [5, 5.41) is 5.81. The van der Waals surface area contributed by atoms with Crippen LogP contribution in [0.4, 0.5) is 0 Å². The fraction of sp³-hybridized carbons (Fsp3) is 0.419. The normalized spacial score (nSPS) is 13.7. The quantitative estimate of drug-likeness (QED) is 0.250. The fourth-order valence-electron chi connectivity index (χ4n) is 5.52. The molecule has 0 spiro atoms. The average molecular weight is 602 g/mol. The van der Waals surface area contributed by atoms with Gasteiger partial charge in [-0.05, 0) is 38.5 Å².